The molecule has 21 aromatic carbocycles. The lowest BCUT2D eigenvalue weighted by atomic mass is 9.84. The number of aromatic nitrogens is 6. The molecule has 0 amide bonds. The zero-order valence-electron chi connectivity index (χ0n) is 74.0. The number of nitrogens with zero attached hydrogens (tertiary/aromatic N) is 6. The summed E-state index contributed by atoms with van der Waals surface area (Å²) >= 11 is 0. The molecule has 0 atom stereocenters. The topological polar surface area (TPSA) is 61.4 Å². The van der Waals surface area contributed by atoms with Crippen LogP contribution in [0.3, 0.4) is 0 Å². The van der Waals surface area contributed by atoms with Crippen LogP contribution in [0.4, 0.5) is 0 Å². The van der Waals surface area contributed by atoms with Gasteiger partial charge in [0, 0.05) is 63.0 Å². The molecule has 0 aliphatic rings. The van der Waals surface area contributed by atoms with Crippen LogP contribution < -0.4 is 0 Å². The number of hydrogen-bond acceptors (Lipinski definition) is 4. The van der Waals surface area contributed by atoms with Gasteiger partial charge in [-0.25, -0.2) is 9.97 Å². The maximum absolute atomic E-state index is 5.33. The zero-order chi connectivity index (χ0) is 89.7. The van der Waals surface area contributed by atoms with E-state index in [2.05, 4.69) is 481 Å². The fraction of sp³-hybridized carbons (Fsp3) is 0. The molecule has 0 N–H and O–H groups in total. The van der Waals surface area contributed by atoms with E-state index >= 15 is 0 Å². The standard InChI is InChI=1S/C68H43N3.C62H39N3/c1-3-11-52-39-54(31-25-44(52)9-1)46-21-27-50(28-22-46)67-59-14-5-6-15-60(59)68(51-29-23-47(24-30-51)55-32-26-45-10-2-4-12-53(45)40-55)62-41-56(33-35-61(62)67)48-17-19-49(20-18-48)57-34-36-66(70-42-57)71-64-16-8-7-13-58(64)63-43-69-38-37-65(63)71;1-2-15-44(16-3-1)62-61-53-21-10-11-23-56(53)65(57(61)35-36-63-62)58-24-12-22-55(64-58)43-29-25-42(26-30-43)47-33-34-52-54(39-47)60(49-32-28-41-14-5-7-18-46(41)38-49)51-20-9-8-19-50(51)59(52)48-31-27-40-13-4-6-17-45(40)37-48/h1-43H;1-39H. The summed E-state index contributed by atoms with van der Waals surface area (Å²) in [6, 6.07) is 172. The Morgan fingerprint density at radius 1 is 0.162 bits per heavy atom. The molecule has 6 heterocycles. The molecular formula is C130H82N6. The molecule has 0 aliphatic heterocycles. The third-order valence-corrected chi connectivity index (χ3v) is 27.7. The highest BCUT2D eigenvalue weighted by Gasteiger charge is 2.25. The first kappa shape index (κ1) is 78.9. The van der Waals surface area contributed by atoms with Crippen LogP contribution in [0.1, 0.15) is 0 Å². The van der Waals surface area contributed by atoms with Gasteiger partial charge < -0.3 is 0 Å². The third kappa shape index (κ3) is 13.8. The number of rotatable bonds is 13. The Morgan fingerprint density at radius 2 is 0.507 bits per heavy atom. The van der Waals surface area contributed by atoms with Gasteiger partial charge >= 0.3 is 0 Å². The third-order valence-electron chi connectivity index (χ3n) is 27.7. The summed E-state index contributed by atoms with van der Waals surface area (Å²) in [5.41, 5.74) is 29.9. The average Bonchev–Trinajstić information content (AvgIpc) is 1.49. The molecule has 6 aromatic heterocycles. The minimum atomic E-state index is 0.869. The van der Waals surface area contributed by atoms with Gasteiger partial charge in [0.1, 0.15) is 11.6 Å². The summed E-state index contributed by atoms with van der Waals surface area (Å²) in [4.78, 5) is 19.6. The largest absolute Gasteiger partial charge is 0.294 e. The van der Waals surface area contributed by atoms with Crippen LogP contribution >= 0.6 is 0 Å². The summed E-state index contributed by atoms with van der Waals surface area (Å²) in [6.07, 6.45) is 7.69. The van der Waals surface area contributed by atoms with Crippen molar-refractivity contribution < 1.29 is 0 Å². The number of fused-ring (bicyclic) bond motifs is 14. The quantitative estimate of drug-likeness (QED) is 0.108. The molecule has 27 aromatic rings. The van der Waals surface area contributed by atoms with Gasteiger partial charge in [0.25, 0.3) is 0 Å². The van der Waals surface area contributed by atoms with Crippen LogP contribution in [-0.4, -0.2) is 29.1 Å². The van der Waals surface area contributed by atoms with Crippen molar-refractivity contribution in [1.82, 2.24) is 29.1 Å². The lowest BCUT2D eigenvalue weighted by molar-refractivity contribution is 1.08. The van der Waals surface area contributed by atoms with Crippen LogP contribution in [0, 0.1) is 0 Å². The molecule has 0 radical (unpaired) electrons. The van der Waals surface area contributed by atoms with E-state index in [4.69, 9.17) is 15.0 Å². The molecule has 6 nitrogen and oxygen atoms in total. The Kier molecular flexibility index (Phi) is 19.2. The van der Waals surface area contributed by atoms with Gasteiger partial charge in [0.15, 0.2) is 0 Å². The van der Waals surface area contributed by atoms with Crippen molar-refractivity contribution in [3.63, 3.8) is 0 Å². The van der Waals surface area contributed by atoms with E-state index in [0.29, 0.717) is 0 Å². The van der Waals surface area contributed by atoms with Gasteiger partial charge in [0.05, 0.1) is 33.5 Å². The van der Waals surface area contributed by atoms with E-state index < -0.39 is 0 Å². The minimum absolute atomic E-state index is 0.869. The van der Waals surface area contributed by atoms with Gasteiger partial charge in [-0.2, -0.15) is 0 Å². The first-order valence-corrected chi connectivity index (χ1v) is 46.5. The predicted octanol–water partition coefficient (Wildman–Crippen LogP) is 34.7. The molecule has 0 saturated heterocycles. The summed E-state index contributed by atoms with van der Waals surface area (Å²) in [6.45, 7) is 0. The van der Waals surface area contributed by atoms with E-state index in [1.165, 1.54) is 169 Å². The fourth-order valence-corrected chi connectivity index (χ4v) is 21.2. The molecule has 136 heavy (non-hydrogen) atoms. The van der Waals surface area contributed by atoms with Crippen molar-refractivity contribution in [1.29, 1.82) is 0 Å². The fourth-order valence-electron chi connectivity index (χ4n) is 21.2. The van der Waals surface area contributed by atoms with Gasteiger partial charge in [-0.05, 0) is 266 Å². The summed E-state index contributed by atoms with van der Waals surface area (Å²) in [7, 11) is 0. The second-order valence-corrected chi connectivity index (χ2v) is 35.5. The maximum atomic E-state index is 5.33. The van der Waals surface area contributed by atoms with Gasteiger partial charge in [0.2, 0.25) is 0 Å². The minimum Gasteiger partial charge on any atom is -0.294 e. The Morgan fingerprint density at radius 3 is 1.01 bits per heavy atom. The Hall–Kier alpha value is -18.1. The molecule has 0 unspecified atom stereocenters. The van der Waals surface area contributed by atoms with E-state index in [-0.39, 0.29) is 0 Å². The monoisotopic (exact) mass is 1730 g/mol. The Balaban J connectivity index is 0.000000142. The van der Waals surface area contributed by atoms with E-state index in [1.54, 1.807) is 0 Å². The first-order chi connectivity index (χ1) is 67.4. The van der Waals surface area contributed by atoms with Crippen molar-refractivity contribution >= 4 is 130 Å². The molecule has 0 bridgehead atoms. The van der Waals surface area contributed by atoms with Gasteiger partial charge in [-0.1, -0.05) is 388 Å². The smallest absolute Gasteiger partial charge is 0.138 e. The second-order valence-electron chi connectivity index (χ2n) is 35.5. The molecule has 0 fully saturated rings. The van der Waals surface area contributed by atoms with Crippen LogP contribution in [-0.2, 0) is 0 Å². The molecule has 632 valence electrons. The normalized spacial score (nSPS) is 11.7. The molecule has 0 spiro atoms. The summed E-state index contributed by atoms with van der Waals surface area (Å²) in [5, 5.41) is 24.4. The summed E-state index contributed by atoms with van der Waals surface area (Å²) in [5.74, 6) is 1.75. The van der Waals surface area contributed by atoms with E-state index in [9.17, 15) is 0 Å². The van der Waals surface area contributed by atoms with Crippen molar-refractivity contribution in [3.8, 4) is 134 Å². The lowest BCUT2D eigenvalue weighted by Gasteiger charge is -2.19. The first-order valence-electron chi connectivity index (χ1n) is 46.5. The number of para-hydroxylation sites is 2. The van der Waals surface area contributed by atoms with E-state index in [1.807, 2.05) is 30.9 Å². The highest BCUT2D eigenvalue weighted by Crippen LogP contribution is 2.50. The van der Waals surface area contributed by atoms with Gasteiger partial charge in [-0.3, -0.25) is 19.1 Å². The van der Waals surface area contributed by atoms with E-state index in [0.717, 1.165) is 94.6 Å². The molecule has 6 heteroatoms. The van der Waals surface area contributed by atoms with Crippen LogP contribution in [0.2, 0.25) is 0 Å². The number of benzene rings is 21. The molecule has 0 aliphatic carbocycles. The molecule has 27 rings (SSSR count). The molecular weight excluding hydrogens is 1650 g/mol. The Bertz CT molecular complexity index is 9390. The highest BCUT2D eigenvalue weighted by molar-refractivity contribution is 6.25. The number of pyridine rings is 4. The Labute approximate surface area is 785 Å². The van der Waals surface area contributed by atoms with Crippen molar-refractivity contribution in [2.75, 3.05) is 0 Å². The average molecular weight is 1730 g/mol. The van der Waals surface area contributed by atoms with Crippen molar-refractivity contribution in [2.45, 2.75) is 0 Å². The highest BCUT2D eigenvalue weighted by atomic mass is 15.1. The maximum Gasteiger partial charge on any atom is 0.138 e. The SMILES string of the molecule is c1ccc(-c2nccc3c2c2ccccc2n3-c2cccc(-c3ccc(-c4ccc5c(-c6ccc7ccccc7c6)c6ccccc6c(-c6ccc7ccccc7c6)c5c4)cc3)n2)cc1.c1ccc2cc(-c3ccc(-c4c5ccccc5c(-c5ccc(-c6ccc7ccccc7c6)cc5)c5cc(-c6ccc(-c7ccc(-n8c9ccccc9c9cnccc98)nc7)cc6)ccc45)cc3)ccc2c1. The number of hydrogen-bond donors (Lipinski definition) is 0. The van der Waals surface area contributed by atoms with Crippen LogP contribution in [0.15, 0.2) is 498 Å². The zero-order valence-corrected chi connectivity index (χ0v) is 74.0. The predicted molar refractivity (Wildman–Crippen MR) is 573 cm³/mol. The summed E-state index contributed by atoms with van der Waals surface area (Å²) < 4.78 is 4.50. The van der Waals surface area contributed by atoms with Crippen LogP contribution in [0.25, 0.3) is 264 Å². The molecule has 0 saturated carbocycles. The van der Waals surface area contributed by atoms with Crippen LogP contribution in [0.5, 0.6) is 0 Å². The van der Waals surface area contributed by atoms with Gasteiger partial charge in [-0.15, -0.1) is 0 Å². The van der Waals surface area contributed by atoms with Crippen molar-refractivity contribution in [2.24, 2.45) is 0 Å². The van der Waals surface area contributed by atoms with Crippen molar-refractivity contribution in [3.05, 3.63) is 498 Å². The second kappa shape index (κ2) is 33.1. The lowest BCUT2D eigenvalue weighted by Crippen LogP contribution is -1.98.